The van der Waals surface area contributed by atoms with Gasteiger partial charge in [-0.05, 0) is 56.9 Å². The van der Waals surface area contributed by atoms with Gasteiger partial charge in [-0.3, -0.25) is 0 Å². The average molecular weight is 424 g/mol. The number of hydrogen-bond donors (Lipinski definition) is 2. The lowest BCUT2D eigenvalue weighted by Crippen LogP contribution is -2.39. The molecule has 1 unspecified atom stereocenters. The van der Waals surface area contributed by atoms with Crippen LogP contribution in [0.3, 0.4) is 0 Å². The molecule has 0 spiro atoms. The van der Waals surface area contributed by atoms with Gasteiger partial charge in [0.1, 0.15) is 5.82 Å². The molecule has 2 aromatic rings. The van der Waals surface area contributed by atoms with Gasteiger partial charge in [-0.25, -0.2) is 4.98 Å². The minimum absolute atomic E-state index is 0.102. The van der Waals surface area contributed by atoms with E-state index in [1.165, 1.54) is 29.7 Å². The molecule has 1 heterocycles. The molecule has 0 amide bonds. The Morgan fingerprint density at radius 2 is 1.71 bits per heavy atom. The Bertz CT molecular complexity index is 833. The van der Waals surface area contributed by atoms with E-state index in [4.69, 9.17) is 14.7 Å². The van der Waals surface area contributed by atoms with E-state index in [1.54, 1.807) is 7.11 Å². The van der Waals surface area contributed by atoms with Crippen molar-refractivity contribution in [2.24, 2.45) is 0 Å². The molecule has 168 valence electrons. The molecule has 2 N–H and O–H groups in total. The number of benzene rings is 1. The second kappa shape index (κ2) is 10.4. The summed E-state index contributed by atoms with van der Waals surface area (Å²) in [4.78, 5) is 11.9. The third-order valence-electron chi connectivity index (χ3n) is 6.69. The maximum absolute atomic E-state index is 5.71. The van der Waals surface area contributed by atoms with Crippen LogP contribution < -0.4 is 15.5 Å². The summed E-state index contributed by atoms with van der Waals surface area (Å²) in [6, 6.07) is 11.5. The van der Waals surface area contributed by atoms with E-state index in [1.807, 2.05) is 6.07 Å². The number of aryl methyl sites for hydroxylation is 1. The van der Waals surface area contributed by atoms with E-state index in [0.29, 0.717) is 12.1 Å². The van der Waals surface area contributed by atoms with Gasteiger partial charge in [0, 0.05) is 45.4 Å². The molecule has 2 aliphatic rings. The Morgan fingerprint density at radius 3 is 2.42 bits per heavy atom. The quantitative estimate of drug-likeness (QED) is 0.666. The predicted molar refractivity (Wildman–Crippen MR) is 127 cm³/mol. The standard InChI is InChI=1S/C25H37N5O/c1-30(2)24-21-11-7-8-12-22(21)28-25(29-24)27-20-15-13-19(14-16-20)26-17-23(31-3)18-9-5-4-6-10-18/h4-6,9-10,19-20,23,26H,7-8,11-17H2,1-3H3,(H,27,28,29). The van der Waals surface area contributed by atoms with Gasteiger partial charge in [0.25, 0.3) is 0 Å². The van der Waals surface area contributed by atoms with Crippen LogP contribution in [0.4, 0.5) is 11.8 Å². The Hall–Kier alpha value is -2.18. The minimum Gasteiger partial charge on any atom is -0.375 e. The van der Waals surface area contributed by atoms with E-state index in [0.717, 1.165) is 56.8 Å². The topological polar surface area (TPSA) is 62.3 Å². The molecule has 1 fully saturated rings. The van der Waals surface area contributed by atoms with Crippen molar-refractivity contribution in [3.8, 4) is 0 Å². The zero-order chi connectivity index (χ0) is 21.6. The van der Waals surface area contributed by atoms with Gasteiger partial charge in [-0.1, -0.05) is 30.3 Å². The van der Waals surface area contributed by atoms with Crippen LogP contribution in [0.1, 0.15) is 61.4 Å². The van der Waals surface area contributed by atoms with Crippen LogP contribution in [0.2, 0.25) is 0 Å². The first-order valence-corrected chi connectivity index (χ1v) is 11.8. The number of ether oxygens (including phenoxy) is 1. The lowest BCUT2D eigenvalue weighted by atomic mass is 9.91. The molecule has 0 bridgehead atoms. The fourth-order valence-electron chi connectivity index (χ4n) is 4.91. The van der Waals surface area contributed by atoms with E-state index in [2.05, 4.69) is 53.9 Å². The second-order valence-electron chi connectivity index (χ2n) is 9.13. The first-order valence-electron chi connectivity index (χ1n) is 11.8. The highest BCUT2D eigenvalue weighted by Crippen LogP contribution is 2.29. The summed E-state index contributed by atoms with van der Waals surface area (Å²) in [5, 5.41) is 7.38. The number of methoxy groups -OCH3 is 1. The third-order valence-corrected chi connectivity index (χ3v) is 6.69. The number of aromatic nitrogens is 2. The summed E-state index contributed by atoms with van der Waals surface area (Å²) >= 11 is 0. The number of fused-ring (bicyclic) bond motifs is 1. The lowest BCUT2D eigenvalue weighted by molar-refractivity contribution is 0.0974. The molecule has 1 atom stereocenters. The summed E-state index contributed by atoms with van der Waals surface area (Å²) < 4.78 is 5.71. The van der Waals surface area contributed by atoms with Crippen molar-refractivity contribution in [2.45, 2.75) is 69.6 Å². The molecule has 2 aliphatic carbocycles. The Balaban J connectivity index is 1.30. The van der Waals surface area contributed by atoms with Crippen molar-refractivity contribution in [3.05, 3.63) is 47.2 Å². The molecular formula is C25H37N5O. The fraction of sp³-hybridized carbons (Fsp3) is 0.600. The zero-order valence-electron chi connectivity index (χ0n) is 19.2. The van der Waals surface area contributed by atoms with Crippen LogP contribution in [-0.2, 0) is 17.6 Å². The second-order valence-corrected chi connectivity index (χ2v) is 9.13. The summed E-state index contributed by atoms with van der Waals surface area (Å²) in [6.45, 7) is 0.851. The van der Waals surface area contributed by atoms with Crippen LogP contribution in [0.5, 0.6) is 0 Å². The first kappa shape index (κ1) is 22.0. The highest BCUT2D eigenvalue weighted by Gasteiger charge is 2.24. The van der Waals surface area contributed by atoms with Crippen molar-refractivity contribution in [1.29, 1.82) is 0 Å². The SMILES string of the molecule is COC(CNC1CCC(Nc2nc3c(c(N(C)C)n2)CCCC3)CC1)c1ccccc1. The van der Waals surface area contributed by atoms with Crippen LogP contribution in [0.15, 0.2) is 30.3 Å². The zero-order valence-corrected chi connectivity index (χ0v) is 19.2. The van der Waals surface area contributed by atoms with Crippen molar-refractivity contribution >= 4 is 11.8 Å². The molecule has 1 aromatic heterocycles. The van der Waals surface area contributed by atoms with Gasteiger partial charge in [-0.2, -0.15) is 4.98 Å². The Kier molecular flexibility index (Phi) is 7.41. The molecule has 31 heavy (non-hydrogen) atoms. The van der Waals surface area contributed by atoms with E-state index in [-0.39, 0.29) is 6.10 Å². The smallest absolute Gasteiger partial charge is 0.225 e. The van der Waals surface area contributed by atoms with Crippen LogP contribution in [-0.4, -0.2) is 49.8 Å². The largest absolute Gasteiger partial charge is 0.375 e. The minimum atomic E-state index is 0.102. The van der Waals surface area contributed by atoms with Gasteiger partial charge >= 0.3 is 0 Å². The molecule has 1 aromatic carbocycles. The van der Waals surface area contributed by atoms with E-state index in [9.17, 15) is 0 Å². The molecule has 6 nitrogen and oxygen atoms in total. The molecular weight excluding hydrogens is 386 g/mol. The lowest BCUT2D eigenvalue weighted by Gasteiger charge is -2.31. The van der Waals surface area contributed by atoms with Crippen molar-refractivity contribution in [1.82, 2.24) is 15.3 Å². The van der Waals surface area contributed by atoms with Gasteiger partial charge in [0.15, 0.2) is 0 Å². The maximum Gasteiger partial charge on any atom is 0.225 e. The first-order chi connectivity index (χ1) is 15.1. The van der Waals surface area contributed by atoms with Crippen molar-refractivity contribution in [2.75, 3.05) is 38.0 Å². The summed E-state index contributed by atoms with van der Waals surface area (Å²) in [5.41, 5.74) is 3.82. The van der Waals surface area contributed by atoms with Crippen LogP contribution in [0.25, 0.3) is 0 Å². The van der Waals surface area contributed by atoms with Gasteiger partial charge in [-0.15, -0.1) is 0 Å². The number of nitrogens with zero attached hydrogens (tertiary/aromatic N) is 3. The van der Waals surface area contributed by atoms with Crippen molar-refractivity contribution < 1.29 is 4.74 Å². The van der Waals surface area contributed by atoms with E-state index < -0.39 is 0 Å². The van der Waals surface area contributed by atoms with Gasteiger partial charge < -0.3 is 20.3 Å². The molecule has 0 aliphatic heterocycles. The Labute approximate surface area is 186 Å². The molecule has 0 radical (unpaired) electrons. The summed E-state index contributed by atoms with van der Waals surface area (Å²) in [7, 11) is 5.96. The summed E-state index contributed by atoms with van der Waals surface area (Å²) in [5.74, 6) is 1.90. The predicted octanol–water partition coefficient (Wildman–Crippen LogP) is 4.12. The average Bonchev–Trinajstić information content (AvgIpc) is 2.80. The highest BCUT2D eigenvalue weighted by molar-refractivity contribution is 5.52. The summed E-state index contributed by atoms with van der Waals surface area (Å²) in [6.07, 6.45) is 9.36. The highest BCUT2D eigenvalue weighted by atomic mass is 16.5. The normalized spacial score (nSPS) is 21.9. The number of anilines is 2. The fourth-order valence-corrected chi connectivity index (χ4v) is 4.91. The number of nitrogens with one attached hydrogen (secondary N) is 2. The number of rotatable bonds is 8. The maximum atomic E-state index is 5.71. The van der Waals surface area contributed by atoms with Crippen LogP contribution in [0, 0.1) is 0 Å². The molecule has 4 rings (SSSR count). The van der Waals surface area contributed by atoms with E-state index >= 15 is 0 Å². The van der Waals surface area contributed by atoms with Gasteiger partial charge in [0.05, 0.1) is 11.8 Å². The van der Waals surface area contributed by atoms with Gasteiger partial charge in [0.2, 0.25) is 5.95 Å². The molecule has 1 saturated carbocycles. The third kappa shape index (κ3) is 5.55. The van der Waals surface area contributed by atoms with Crippen LogP contribution >= 0.6 is 0 Å². The molecule has 6 heteroatoms. The number of hydrogen-bond acceptors (Lipinski definition) is 6. The van der Waals surface area contributed by atoms with Crippen molar-refractivity contribution in [3.63, 3.8) is 0 Å². The Morgan fingerprint density at radius 1 is 1.00 bits per heavy atom. The molecule has 0 saturated heterocycles. The monoisotopic (exact) mass is 423 g/mol.